The number of aryl methyl sites for hydroxylation is 2. The monoisotopic (exact) mass is 289 g/mol. The first kappa shape index (κ1) is 16.4. The number of ether oxygens (including phenoxy) is 1. The van der Waals surface area contributed by atoms with Gasteiger partial charge in [0, 0.05) is 0 Å². The van der Waals surface area contributed by atoms with Crippen molar-refractivity contribution in [3.63, 3.8) is 0 Å². The van der Waals surface area contributed by atoms with E-state index in [0.717, 1.165) is 25.3 Å². The summed E-state index contributed by atoms with van der Waals surface area (Å²) in [6.45, 7) is 13.2. The number of nitrogens with one attached hydrogen (secondary N) is 1. The summed E-state index contributed by atoms with van der Waals surface area (Å²) in [6, 6.07) is 4.43. The average molecular weight is 289 g/mol. The summed E-state index contributed by atoms with van der Waals surface area (Å²) in [5.74, 6) is 1.81. The Morgan fingerprint density at radius 1 is 1.19 bits per heavy atom. The van der Waals surface area contributed by atoms with Crippen LogP contribution in [0.4, 0.5) is 0 Å². The van der Waals surface area contributed by atoms with E-state index in [-0.39, 0.29) is 5.60 Å². The number of hydrogen-bond donors (Lipinski definition) is 1. The maximum Gasteiger partial charge on any atom is 0.123 e. The number of hydrogen-bond acceptors (Lipinski definition) is 2. The lowest BCUT2D eigenvalue weighted by Crippen LogP contribution is -2.45. The zero-order valence-corrected chi connectivity index (χ0v) is 14.4. The molecule has 1 aliphatic carbocycles. The Hall–Kier alpha value is -1.02. The van der Waals surface area contributed by atoms with Crippen LogP contribution in [0.2, 0.25) is 0 Å². The molecule has 2 rings (SSSR count). The molecule has 0 aromatic heterocycles. The third-order valence-electron chi connectivity index (χ3n) is 4.67. The minimum absolute atomic E-state index is 0.0783. The van der Waals surface area contributed by atoms with Crippen LogP contribution >= 0.6 is 0 Å². The lowest BCUT2D eigenvalue weighted by atomic mass is 9.77. The van der Waals surface area contributed by atoms with Crippen molar-refractivity contribution >= 4 is 0 Å². The van der Waals surface area contributed by atoms with Gasteiger partial charge in [-0.15, -0.1) is 0 Å². The third-order valence-corrected chi connectivity index (χ3v) is 4.67. The maximum atomic E-state index is 6.50. The normalized spacial score (nSPS) is 16.9. The smallest absolute Gasteiger partial charge is 0.123 e. The fourth-order valence-electron chi connectivity index (χ4n) is 3.02. The van der Waals surface area contributed by atoms with Crippen molar-refractivity contribution in [3.05, 3.63) is 28.8 Å². The van der Waals surface area contributed by atoms with Crippen LogP contribution in [0.25, 0.3) is 0 Å². The van der Waals surface area contributed by atoms with Gasteiger partial charge < -0.3 is 10.1 Å². The molecular weight excluding hydrogens is 258 g/mol. The fraction of sp³-hybridized carbons (Fsp3) is 0.684. The summed E-state index contributed by atoms with van der Waals surface area (Å²) in [7, 11) is 0. The van der Waals surface area contributed by atoms with E-state index in [2.05, 4.69) is 52.1 Å². The molecule has 1 saturated carbocycles. The lowest BCUT2D eigenvalue weighted by molar-refractivity contribution is -0.0149. The van der Waals surface area contributed by atoms with Crippen LogP contribution in [0, 0.1) is 26.7 Å². The first-order chi connectivity index (χ1) is 9.92. The van der Waals surface area contributed by atoms with Crippen LogP contribution in [-0.4, -0.2) is 18.7 Å². The van der Waals surface area contributed by atoms with E-state index in [1.165, 1.54) is 36.0 Å². The maximum absolute atomic E-state index is 6.50. The van der Waals surface area contributed by atoms with Crippen molar-refractivity contribution in [2.45, 2.75) is 65.9 Å². The molecule has 0 spiro atoms. The van der Waals surface area contributed by atoms with E-state index in [1.807, 2.05) is 0 Å². The van der Waals surface area contributed by atoms with Crippen molar-refractivity contribution in [2.75, 3.05) is 13.1 Å². The van der Waals surface area contributed by atoms with E-state index in [0.29, 0.717) is 5.92 Å². The van der Waals surface area contributed by atoms with Gasteiger partial charge in [-0.2, -0.15) is 0 Å². The van der Waals surface area contributed by atoms with Crippen LogP contribution in [0.5, 0.6) is 5.75 Å². The van der Waals surface area contributed by atoms with Crippen LogP contribution in [0.3, 0.4) is 0 Å². The molecule has 0 bridgehead atoms. The van der Waals surface area contributed by atoms with Gasteiger partial charge in [0.2, 0.25) is 0 Å². The van der Waals surface area contributed by atoms with Crippen LogP contribution in [0.1, 0.15) is 56.2 Å². The van der Waals surface area contributed by atoms with Crippen molar-refractivity contribution in [3.8, 4) is 5.75 Å². The Morgan fingerprint density at radius 2 is 1.90 bits per heavy atom. The van der Waals surface area contributed by atoms with Crippen LogP contribution in [0.15, 0.2) is 12.1 Å². The number of rotatable bonds is 7. The number of benzene rings is 1. The van der Waals surface area contributed by atoms with Crippen molar-refractivity contribution in [1.82, 2.24) is 5.32 Å². The molecule has 0 saturated heterocycles. The van der Waals surface area contributed by atoms with Gasteiger partial charge in [-0.1, -0.05) is 19.9 Å². The zero-order chi connectivity index (χ0) is 15.5. The molecule has 0 unspecified atom stereocenters. The first-order valence-corrected chi connectivity index (χ1v) is 8.39. The third kappa shape index (κ3) is 4.23. The van der Waals surface area contributed by atoms with Gasteiger partial charge in [-0.05, 0) is 88.2 Å². The molecule has 0 atom stereocenters. The molecule has 0 radical (unpaired) electrons. The molecule has 0 heterocycles. The second-order valence-electron chi connectivity index (χ2n) is 7.19. The van der Waals surface area contributed by atoms with Crippen LogP contribution < -0.4 is 10.1 Å². The predicted octanol–water partition coefficient (Wildman–Crippen LogP) is 4.55. The van der Waals surface area contributed by atoms with Crippen LogP contribution in [-0.2, 0) is 0 Å². The summed E-state index contributed by atoms with van der Waals surface area (Å²) in [5.41, 5.74) is 3.99. The van der Waals surface area contributed by atoms with Crippen molar-refractivity contribution in [2.24, 2.45) is 5.92 Å². The highest BCUT2D eigenvalue weighted by molar-refractivity contribution is 5.42. The fourth-order valence-corrected chi connectivity index (χ4v) is 3.02. The second kappa shape index (κ2) is 6.83. The highest BCUT2D eigenvalue weighted by Gasteiger charge is 2.39. The highest BCUT2D eigenvalue weighted by atomic mass is 16.5. The van der Waals surface area contributed by atoms with Gasteiger partial charge >= 0.3 is 0 Å². The second-order valence-corrected chi connectivity index (χ2v) is 7.19. The molecule has 1 fully saturated rings. The van der Waals surface area contributed by atoms with Gasteiger partial charge in [0.05, 0.1) is 0 Å². The van der Waals surface area contributed by atoms with Gasteiger partial charge in [0.25, 0.3) is 0 Å². The molecule has 2 heteroatoms. The Morgan fingerprint density at radius 3 is 2.48 bits per heavy atom. The quantitative estimate of drug-likeness (QED) is 0.744. The summed E-state index contributed by atoms with van der Waals surface area (Å²) < 4.78 is 6.50. The van der Waals surface area contributed by atoms with E-state index in [1.54, 1.807) is 0 Å². The van der Waals surface area contributed by atoms with Gasteiger partial charge in [-0.3, -0.25) is 0 Å². The van der Waals surface area contributed by atoms with Gasteiger partial charge in [0.15, 0.2) is 0 Å². The van der Waals surface area contributed by atoms with E-state index in [9.17, 15) is 0 Å². The minimum Gasteiger partial charge on any atom is -0.487 e. The summed E-state index contributed by atoms with van der Waals surface area (Å²) in [6.07, 6.45) is 4.81. The zero-order valence-electron chi connectivity index (χ0n) is 14.4. The van der Waals surface area contributed by atoms with Gasteiger partial charge in [0.1, 0.15) is 11.4 Å². The molecular formula is C19H31NO. The Balaban J connectivity index is 1.98. The Kier molecular flexibility index (Phi) is 5.32. The molecule has 2 nitrogen and oxygen atoms in total. The molecule has 1 aromatic rings. The molecule has 1 N–H and O–H groups in total. The van der Waals surface area contributed by atoms with Crippen molar-refractivity contribution < 1.29 is 4.74 Å². The summed E-state index contributed by atoms with van der Waals surface area (Å²) in [5, 5.41) is 3.55. The molecule has 1 aromatic carbocycles. The molecule has 118 valence electrons. The standard InChI is InChI=1S/C19H31NO/c1-14(2)13-20-10-9-19(7-6-8-19)21-18-12-15(3)11-16(4)17(18)5/h11-12,14,20H,6-10,13H2,1-5H3. The lowest BCUT2D eigenvalue weighted by Gasteiger charge is -2.42. The van der Waals surface area contributed by atoms with E-state index < -0.39 is 0 Å². The first-order valence-electron chi connectivity index (χ1n) is 8.39. The minimum atomic E-state index is 0.0783. The SMILES string of the molecule is Cc1cc(C)c(C)c(OC2(CCNCC(C)C)CCC2)c1. The highest BCUT2D eigenvalue weighted by Crippen LogP contribution is 2.40. The summed E-state index contributed by atoms with van der Waals surface area (Å²) in [4.78, 5) is 0. The summed E-state index contributed by atoms with van der Waals surface area (Å²) >= 11 is 0. The predicted molar refractivity (Wildman–Crippen MR) is 90.2 cm³/mol. The van der Waals surface area contributed by atoms with Crippen molar-refractivity contribution in [1.29, 1.82) is 0 Å². The van der Waals surface area contributed by atoms with E-state index >= 15 is 0 Å². The molecule has 0 aliphatic heterocycles. The Bertz CT molecular complexity index is 475. The largest absolute Gasteiger partial charge is 0.487 e. The molecule has 0 amide bonds. The average Bonchev–Trinajstić information content (AvgIpc) is 2.36. The Labute approximate surface area is 130 Å². The topological polar surface area (TPSA) is 21.3 Å². The van der Waals surface area contributed by atoms with E-state index in [4.69, 9.17) is 4.74 Å². The molecule has 21 heavy (non-hydrogen) atoms. The molecule has 1 aliphatic rings. The van der Waals surface area contributed by atoms with Gasteiger partial charge in [-0.25, -0.2) is 0 Å².